The van der Waals surface area contributed by atoms with Gasteiger partial charge in [-0.1, -0.05) is 37.5 Å². The highest BCUT2D eigenvalue weighted by Gasteiger charge is 2.31. The van der Waals surface area contributed by atoms with E-state index in [1.54, 1.807) is 6.07 Å². The second-order valence-electron chi connectivity index (χ2n) is 5.77. The van der Waals surface area contributed by atoms with Crippen LogP contribution < -0.4 is 10.2 Å². The Morgan fingerprint density at radius 1 is 1.00 bits per heavy atom. The summed E-state index contributed by atoms with van der Waals surface area (Å²) in [5, 5.41) is 0. The van der Waals surface area contributed by atoms with Crippen LogP contribution in [0.2, 0.25) is 0 Å². The lowest BCUT2D eigenvalue weighted by Gasteiger charge is -2.33. The number of halogens is 3. The maximum Gasteiger partial charge on any atom is 0.513 e. The van der Waals surface area contributed by atoms with Crippen LogP contribution in [-0.2, 0) is 0 Å². The molecule has 0 radical (unpaired) electrons. The standard InChI is InChI=1S/C14H19BF3O/c1-10-7-11(2)9-12(8-10)19-14-6-4-3-5-13(14)15(16,17)18/h3-6,10-12H,7-9H2,1-2H3/q-1. The number of benzene rings is 1. The predicted molar refractivity (Wildman–Crippen MR) is 71.7 cm³/mol. The first-order chi connectivity index (χ1) is 8.86. The van der Waals surface area contributed by atoms with Crippen molar-refractivity contribution >= 4 is 12.4 Å². The molecule has 19 heavy (non-hydrogen) atoms. The quantitative estimate of drug-likeness (QED) is 0.756. The maximum absolute atomic E-state index is 12.9. The van der Waals surface area contributed by atoms with Crippen molar-refractivity contribution in [2.75, 3.05) is 0 Å². The van der Waals surface area contributed by atoms with E-state index in [4.69, 9.17) is 4.74 Å². The van der Waals surface area contributed by atoms with Crippen LogP contribution in [0.3, 0.4) is 0 Å². The van der Waals surface area contributed by atoms with Gasteiger partial charge >= 0.3 is 6.98 Å². The van der Waals surface area contributed by atoms with Crippen molar-refractivity contribution in [2.24, 2.45) is 11.8 Å². The van der Waals surface area contributed by atoms with Crippen LogP contribution in [0.15, 0.2) is 24.3 Å². The second-order valence-corrected chi connectivity index (χ2v) is 5.77. The molecule has 106 valence electrons. The first kappa shape index (κ1) is 14.3. The summed E-state index contributed by atoms with van der Waals surface area (Å²) in [5.74, 6) is 1.01. The van der Waals surface area contributed by atoms with Gasteiger partial charge in [0.1, 0.15) is 0 Å². The lowest BCUT2D eigenvalue weighted by molar-refractivity contribution is 0.102. The average molecular weight is 271 g/mol. The summed E-state index contributed by atoms with van der Waals surface area (Å²) in [7, 11) is 0. The summed E-state index contributed by atoms with van der Waals surface area (Å²) in [6.07, 6.45) is 2.70. The molecule has 1 aliphatic carbocycles. The van der Waals surface area contributed by atoms with Crippen molar-refractivity contribution in [1.29, 1.82) is 0 Å². The van der Waals surface area contributed by atoms with Gasteiger partial charge in [0, 0.05) is 0 Å². The molecular formula is C14H19BF3O-. The minimum atomic E-state index is -5.02. The summed E-state index contributed by atoms with van der Waals surface area (Å²) in [5.41, 5.74) is -0.617. The van der Waals surface area contributed by atoms with Crippen LogP contribution in [0.4, 0.5) is 12.9 Å². The molecule has 0 heterocycles. The minimum Gasteiger partial charge on any atom is -0.493 e. The third-order valence-electron chi connectivity index (χ3n) is 3.70. The second kappa shape index (κ2) is 5.47. The molecule has 0 saturated heterocycles. The van der Waals surface area contributed by atoms with Gasteiger partial charge in [-0.05, 0) is 37.2 Å². The molecule has 2 rings (SSSR count). The highest BCUT2D eigenvalue weighted by molar-refractivity contribution is 6.74. The van der Waals surface area contributed by atoms with Crippen molar-refractivity contribution in [3.05, 3.63) is 24.3 Å². The number of hydrogen-bond donors (Lipinski definition) is 0. The first-order valence-corrected chi connectivity index (χ1v) is 6.81. The Hall–Kier alpha value is -1.13. The summed E-state index contributed by atoms with van der Waals surface area (Å²) in [6.45, 7) is -0.756. The monoisotopic (exact) mass is 271 g/mol. The molecule has 2 atom stereocenters. The van der Waals surface area contributed by atoms with Gasteiger partial charge in [0.2, 0.25) is 0 Å². The van der Waals surface area contributed by atoms with Crippen molar-refractivity contribution in [3.63, 3.8) is 0 Å². The third kappa shape index (κ3) is 3.67. The lowest BCUT2D eigenvalue weighted by atomic mass is 9.79. The zero-order chi connectivity index (χ0) is 14.0. The molecule has 0 bridgehead atoms. The van der Waals surface area contributed by atoms with Gasteiger partial charge in [0.25, 0.3) is 0 Å². The van der Waals surface area contributed by atoms with Crippen LogP contribution in [0.25, 0.3) is 0 Å². The Labute approximate surface area is 112 Å². The summed E-state index contributed by atoms with van der Waals surface area (Å²) >= 11 is 0. The molecule has 0 N–H and O–H groups in total. The molecule has 1 saturated carbocycles. The smallest absolute Gasteiger partial charge is 0.493 e. The fourth-order valence-corrected chi connectivity index (χ4v) is 3.01. The molecule has 0 spiro atoms. The van der Waals surface area contributed by atoms with Crippen molar-refractivity contribution < 1.29 is 17.7 Å². The molecule has 5 heteroatoms. The highest BCUT2D eigenvalue weighted by Crippen LogP contribution is 2.31. The van der Waals surface area contributed by atoms with Crippen LogP contribution in [-0.4, -0.2) is 13.1 Å². The number of hydrogen-bond acceptors (Lipinski definition) is 1. The molecule has 1 aliphatic rings. The van der Waals surface area contributed by atoms with E-state index in [1.807, 2.05) is 0 Å². The lowest BCUT2D eigenvalue weighted by Crippen LogP contribution is -2.37. The summed E-state index contributed by atoms with van der Waals surface area (Å²) < 4.78 is 44.5. The molecule has 0 aromatic heterocycles. The number of para-hydroxylation sites is 1. The fraction of sp³-hybridized carbons (Fsp3) is 0.571. The molecule has 2 unspecified atom stereocenters. The van der Waals surface area contributed by atoms with Gasteiger partial charge in [0.05, 0.1) is 11.9 Å². The summed E-state index contributed by atoms with van der Waals surface area (Å²) in [4.78, 5) is 0. The Kier molecular flexibility index (Phi) is 4.12. The van der Waals surface area contributed by atoms with E-state index in [9.17, 15) is 12.9 Å². The number of rotatable bonds is 3. The van der Waals surface area contributed by atoms with Gasteiger partial charge in [-0.15, -0.1) is 0 Å². The van der Waals surface area contributed by atoms with E-state index >= 15 is 0 Å². The van der Waals surface area contributed by atoms with Crippen LogP contribution in [0, 0.1) is 11.8 Å². The van der Waals surface area contributed by atoms with E-state index in [2.05, 4.69) is 13.8 Å². The van der Waals surface area contributed by atoms with Gasteiger partial charge in [-0.2, -0.15) is 0 Å². The van der Waals surface area contributed by atoms with Crippen molar-refractivity contribution in [1.82, 2.24) is 0 Å². The van der Waals surface area contributed by atoms with Crippen LogP contribution >= 0.6 is 0 Å². The van der Waals surface area contributed by atoms with Crippen LogP contribution in [0.5, 0.6) is 5.75 Å². The predicted octanol–water partition coefficient (Wildman–Crippen LogP) is 3.94. The highest BCUT2D eigenvalue weighted by atomic mass is 19.4. The molecule has 1 aromatic rings. The normalized spacial score (nSPS) is 28.2. The van der Waals surface area contributed by atoms with Crippen molar-refractivity contribution in [2.45, 2.75) is 39.2 Å². The van der Waals surface area contributed by atoms with Gasteiger partial charge in [0.15, 0.2) is 0 Å². The maximum atomic E-state index is 12.9. The van der Waals surface area contributed by atoms with Crippen LogP contribution in [0.1, 0.15) is 33.1 Å². The van der Waals surface area contributed by atoms with Gasteiger partial charge < -0.3 is 17.7 Å². The molecule has 0 aliphatic heterocycles. The third-order valence-corrected chi connectivity index (χ3v) is 3.70. The Morgan fingerprint density at radius 2 is 1.58 bits per heavy atom. The van der Waals surface area contributed by atoms with E-state index in [0.717, 1.165) is 25.3 Å². The molecular weight excluding hydrogens is 252 g/mol. The fourth-order valence-electron chi connectivity index (χ4n) is 3.01. The van der Waals surface area contributed by atoms with E-state index in [0.29, 0.717) is 11.8 Å². The molecule has 0 amide bonds. The first-order valence-electron chi connectivity index (χ1n) is 6.81. The Bertz CT molecular complexity index is 423. The SMILES string of the molecule is CC1CC(C)CC(Oc2ccccc2[B-](F)(F)F)C1. The summed E-state index contributed by atoms with van der Waals surface area (Å²) in [6, 6.07) is 5.53. The molecule has 1 aromatic carbocycles. The molecule has 1 fully saturated rings. The van der Waals surface area contributed by atoms with E-state index in [1.165, 1.54) is 12.1 Å². The topological polar surface area (TPSA) is 9.23 Å². The van der Waals surface area contributed by atoms with E-state index in [-0.39, 0.29) is 11.9 Å². The number of ether oxygens (including phenoxy) is 1. The largest absolute Gasteiger partial charge is 0.513 e. The minimum absolute atomic E-state index is 0.0127. The van der Waals surface area contributed by atoms with E-state index < -0.39 is 12.4 Å². The van der Waals surface area contributed by atoms with Gasteiger partial charge in [-0.25, -0.2) is 0 Å². The zero-order valence-corrected chi connectivity index (χ0v) is 11.3. The average Bonchev–Trinajstić information content (AvgIpc) is 2.26. The Balaban J connectivity index is 2.15. The van der Waals surface area contributed by atoms with Gasteiger partial charge in [-0.3, -0.25) is 0 Å². The van der Waals surface area contributed by atoms with Crippen molar-refractivity contribution in [3.8, 4) is 5.75 Å². The Morgan fingerprint density at radius 3 is 2.16 bits per heavy atom. The zero-order valence-electron chi connectivity index (χ0n) is 11.3. The molecule has 1 nitrogen and oxygen atoms in total.